The number of carbonyl (C=O) groups excluding carboxylic acids is 2. The number of methoxy groups -OCH3 is 3. The Labute approximate surface area is 202 Å². The van der Waals surface area contributed by atoms with Gasteiger partial charge >= 0.3 is 0 Å². The number of carbonyl (C=O) groups is 2. The molecule has 0 aliphatic carbocycles. The van der Waals surface area contributed by atoms with Crippen LogP contribution in [-0.4, -0.2) is 43.1 Å². The van der Waals surface area contributed by atoms with Crippen LogP contribution >= 0.6 is 11.8 Å². The number of hydrazine groups is 1. The van der Waals surface area contributed by atoms with Crippen LogP contribution in [0.2, 0.25) is 0 Å². The minimum absolute atomic E-state index is 0.232. The molecule has 0 unspecified atom stereocenters. The lowest BCUT2D eigenvalue weighted by molar-refractivity contribution is 0.0846. The van der Waals surface area contributed by atoms with Crippen molar-refractivity contribution in [2.24, 2.45) is 0 Å². The van der Waals surface area contributed by atoms with Gasteiger partial charge in [-0.25, -0.2) is 9.97 Å². The number of rotatable bonds is 8. The molecule has 0 saturated heterocycles. The van der Waals surface area contributed by atoms with Crippen LogP contribution in [0.3, 0.4) is 0 Å². The molecule has 3 rings (SSSR count). The van der Waals surface area contributed by atoms with E-state index in [1.165, 1.54) is 45.2 Å². The number of hydrogen-bond donors (Lipinski definition) is 2. The van der Waals surface area contributed by atoms with E-state index in [1.807, 2.05) is 32.0 Å². The number of amides is 2. The number of thioether (sulfide) groups is 1. The van der Waals surface area contributed by atoms with Crippen molar-refractivity contribution in [2.75, 3.05) is 21.3 Å². The van der Waals surface area contributed by atoms with E-state index >= 15 is 0 Å². The summed E-state index contributed by atoms with van der Waals surface area (Å²) in [6.45, 7) is 3.87. The van der Waals surface area contributed by atoms with E-state index in [2.05, 4.69) is 20.8 Å². The van der Waals surface area contributed by atoms with E-state index in [4.69, 9.17) is 14.2 Å². The minimum atomic E-state index is -0.533. The molecule has 2 N–H and O–H groups in total. The molecule has 0 saturated carbocycles. The first-order valence-corrected chi connectivity index (χ1v) is 11.3. The van der Waals surface area contributed by atoms with E-state index in [1.54, 1.807) is 12.1 Å². The van der Waals surface area contributed by atoms with Gasteiger partial charge in [-0.15, -0.1) is 0 Å². The molecule has 0 atom stereocenters. The molecule has 9 nitrogen and oxygen atoms in total. The normalized spacial score (nSPS) is 10.4. The van der Waals surface area contributed by atoms with Crippen molar-refractivity contribution in [3.63, 3.8) is 0 Å². The number of ether oxygens (including phenoxy) is 3. The predicted molar refractivity (Wildman–Crippen MR) is 129 cm³/mol. The third-order valence-electron chi connectivity index (χ3n) is 4.76. The molecule has 0 bridgehead atoms. The first kappa shape index (κ1) is 24.8. The summed E-state index contributed by atoms with van der Waals surface area (Å²) in [5.41, 5.74) is 8.32. The lowest BCUT2D eigenvalue weighted by Gasteiger charge is -2.14. The average Bonchev–Trinajstić information content (AvgIpc) is 2.84. The summed E-state index contributed by atoms with van der Waals surface area (Å²) in [7, 11) is 4.39. The van der Waals surface area contributed by atoms with Gasteiger partial charge in [0.15, 0.2) is 16.7 Å². The van der Waals surface area contributed by atoms with Gasteiger partial charge in [0, 0.05) is 28.3 Å². The maximum absolute atomic E-state index is 12.5. The van der Waals surface area contributed by atoms with Crippen LogP contribution in [-0.2, 0) is 5.75 Å². The molecule has 0 radical (unpaired) electrons. The Kier molecular flexibility index (Phi) is 8.31. The fraction of sp³-hybridized carbons (Fsp3) is 0.250. The van der Waals surface area contributed by atoms with E-state index in [9.17, 15) is 9.59 Å². The summed E-state index contributed by atoms with van der Waals surface area (Å²) in [5, 5.41) is 0.717. The molecule has 178 valence electrons. The summed E-state index contributed by atoms with van der Waals surface area (Å²) >= 11 is 1.53. The van der Waals surface area contributed by atoms with Crippen LogP contribution in [0.25, 0.3) is 0 Å². The number of hydrogen-bond acceptors (Lipinski definition) is 8. The molecule has 2 amide bonds. The number of aryl methyl sites for hydroxylation is 2. The zero-order valence-corrected chi connectivity index (χ0v) is 20.4. The third-order valence-corrected chi connectivity index (χ3v) is 5.68. The Morgan fingerprint density at radius 1 is 0.794 bits per heavy atom. The summed E-state index contributed by atoms with van der Waals surface area (Å²) in [4.78, 5) is 33.9. The first-order chi connectivity index (χ1) is 16.3. The van der Waals surface area contributed by atoms with Crippen molar-refractivity contribution in [3.05, 3.63) is 70.5 Å². The topological polar surface area (TPSA) is 112 Å². The standard InChI is InChI=1S/C24H26N4O5S/c1-14-10-15(2)26-24(25-14)34-13-16-6-8-17(9-7-16)22(29)27-28-23(30)18-11-19(31-3)21(33-5)20(12-18)32-4/h6-12H,13H2,1-5H3,(H,27,29)(H,28,30). The second kappa shape index (κ2) is 11.4. The van der Waals surface area contributed by atoms with Gasteiger partial charge in [0.1, 0.15) is 0 Å². The highest BCUT2D eigenvalue weighted by Gasteiger charge is 2.17. The molecule has 0 aliphatic heterocycles. The van der Waals surface area contributed by atoms with Crippen molar-refractivity contribution in [1.82, 2.24) is 20.8 Å². The Hall–Kier alpha value is -3.79. The fourth-order valence-electron chi connectivity index (χ4n) is 3.13. The van der Waals surface area contributed by atoms with Gasteiger partial charge < -0.3 is 14.2 Å². The summed E-state index contributed by atoms with van der Waals surface area (Å²) in [5.74, 6) is 0.721. The van der Waals surface area contributed by atoms with Gasteiger partial charge in [0.05, 0.1) is 21.3 Å². The third kappa shape index (κ3) is 6.16. The summed E-state index contributed by atoms with van der Waals surface area (Å²) in [6.07, 6.45) is 0. The highest BCUT2D eigenvalue weighted by Crippen LogP contribution is 2.38. The van der Waals surface area contributed by atoms with Gasteiger partial charge in [0.2, 0.25) is 5.75 Å². The molecule has 0 spiro atoms. The SMILES string of the molecule is COc1cc(C(=O)NNC(=O)c2ccc(CSc3nc(C)cc(C)n3)cc2)cc(OC)c1OC. The van der Waals surface area contributed by atoms with Crippen LogP contribution in [0.15, 0.2) is 47.6 Å². The molecule has 2 aromatic carbocycles. The van der Waals surface area contributed by atoms with Crippen molar-refractivity contribution < 1.29 is 23.8 Å². The molecule has 3 aromatic rings. The van der Waals surface area contributed by atoms with E-state index < -0.39 is 11.8 Å². The van der Waals surface area contributed by atoms with Gasteiger partial charge in [-0.05, 0) is 49.7 Å². The first-order valence-electron chi connectivity index (χ1n) is 10.3. The van der Waals surface area contributed by atoms with Crippen molar-refractivity contribution in [1.29, 1.82) is 0 Å². The van der Waals surface area contributed by atoms with Crippen LogP contribution < -0.4 is 25.1 Å². The molecule has 0 fully saturated rings. The van der Waals surface area contributed by atoms with E-state index in [0.717, 1.165) is 17.0 Å². The number of aromatic nitrogens is 2. The van der Waals surface area contributed by atoms with Crippen molar-refractivity contribution in [2.45, 2.75) is 24.8 Å². The fourth-order valence-corrected chi connectivity index (χ4v) is 4.03. The monoisotopic (exact) mass is 482 g/mol. The molecule has 10 heteroatoms. The van der Waals surface area contributed by atoms with Crippen molar-refractivity contribution in [3.8, 4) is 17.2 Å². The van der Waals surface area contributed by atoms with E-state index in [-0.39, 0.29) is 5.56 Å². The smallest absolute Gasteiger partial charge is 0.269 e. The number of benzene rings is 2. The highest BCUT2D eigenvalue weighted by atomic mass is 32.2. The van der Waals surface area contributed by atoms with Gasteiger partial charge in [-0.1, -0.05) is 23.9 Å². The molecule has 34 heavy (non-hydrogen) atoms. The lowest BCUT2D eigenvalue weighted by Crippen LogP contribution is -2.41. The molecular formula is C24H26N4O5S. The molecule has 1 aromatic heterocycles. The quantitative estimate of drug-likeness (QED) is 0.285. The van der Waals surface area contributed by atoms with Gasteiger partial charge in [-0.3, -0.25) is 20.4 Å². The predicted octanol–water partition coefficient (Wildman–Crippen LogP) is 3.49. The van der Waals surface area contributed by atoms with Gasteiger partial charge in [-0.2, -0.15) is 0 Å². The average molecular weight is 483 g/mol. The zero-order valence-electron chi connectivity index (χ0n) is 19.6. The summed E-state index contributed by atoms with van der Waals surface area (Å²) in [6, 6.07) is 12.0. The lowest BCUT2D eigenvalue weighted by atomic mass is 10.1. The van der Waals surface area contributed by atoms with Crippen LogP contribution in [0.1, 0.15) is 37.7 Å². The summed E-state index contributed by atoms with van der Waals surface area (Å²) < 4.78 is 15.8. The largest absolute Gasteiger partial charge is 0.493 e. The maximum atomic E-state index is 12.5. The number of nitrogens with one attached hydrogen (secondary N) is 2. The van der Waals surface area contributed by atoms with Crippen molar-refractivity contribution >= 4 is 23.6 Å². The van der Waals surface area contributed by atoms with Crippen LogP contribution in [0.4, 0.5) is 0 Å². The second-order valence-corrected chi connectivity index (χ2v) is 8.18. The Balaban J connectivity index is 1.59. The maximum Gasteiger partial charge on any atom is 0.269 e. The molecular weight excluding hydrogens is 456 g/mol. The Morgan fingerprint density at radius 3 is 1.82 bits per heavy atom. The van der Waals surface area contributed by atoms with E-state index in [0.29, 0.717) is 33.7 Å². The second-order valence-electron chi connectivity index (χ2n) is 7.24. The zero-order chi connectivity index (χ0) is 24.7. The van der Waals surface area contributed by atoms with Crippen LogP contribution in [0.5, 0.6) is 17.2 Å². The Morgan fingerprint density at radius 2 is 1.32 bits per heavy atom. The Bertz CT molecular complexity index is 1140. The minimum Gasteiger partial charge on any atom is -0.493 e. The number of nitrogens with zero attached hydrogens (tertiary/aromatic N) is 2. The molecule has 1 heterocycles. The highest BCUT2D eigenvalue weighted by molar-refractivity contribution is 7.98. The van der Waals surface area contributed by atoms with Crippen LogP contribution in [0, 0.1) is 13.8 Å². The molecule has 0 aliphatic rings. The van der Waals surface area contributed by atoms with Gasteiger partial charge in [0.25, 0.3) is 11.8 Å².